The number of hydrogen-bond acceptors (Lipinski definition) is 3. The Labute approximate surface area is 137 Å². The molecule has 2 heterocycles. The molecule has 4 nitrogen and oxygen atoms in total. The maximum absolute atomic E-state index is 12.8. The average molecular weight is 314 g/mol. The van der Waals surface area contributed by atoms with E-state index in [2.05, 4.69) is 24.1 Å². The molecule has 124 valence electrons. The third-order valence-corrected chi connectivity index (χ3v) is 4.82. The second kappa shape index (κ2) is 7.18. The first-order valence-corrected chi connectivity index (χ1v) is 8.77. The zero-order valence-corrected chi connectivity index (χ0v) is 14.1. The van der Waals surface area contributed by atoms with Crippen LogP contribution in [-0.4, -0.2) is 36.5 Å². The van der Waals surface area contributed by atoms with Crippen LogP contribution >= 0.6 is 0 Å². The summed E-state index contributed by atoms with van der Waals surface area (Å²) in [6, 6.07) is 8.31. The van der Waals surface area contributed by atoms with Gasteiger partial charge in [-0.25, -0.2) is 0 Å². The van der Waals surface area contributed by atoms with Crippen molar-refractivity contribution in [3.05, 3.63) is 35.6 Å². The van der Waals surface area contributed by atoms with Crippen molar-refractivity contribution in [2.45, 2.75) is 45.6 Å². The van der Waals surface area contributed by atoms with Gasteiger partial charge in [-0.2, -0.15) is 0 Å². The molecule has 3 rings (SSSR count). The molecule has 0 spiro atoms. The van der Waals surface area contributed by atoms with E-state index < -0.39 is 0 Å². The number of likely N-dealkylation sites (N-methyl/N-ethyl adjacent to an activating group) is 1. The number of carbonyl (C=O) groups excluding carboxylic acids is 1. The SMILES string of the molecule is CCCCc1oc2ccccc2c1C(=O)NCC1CCN1CC. The van der Waals surface area contributed by atoms with Gasteiger partial charge in [0.2, 0.25) is 0 Å². The highest BCUT2D eigenvalue weighted by molar-refractivity contribution is 6.07. The number of carbonyl (C=O) groups is 1. The largest absolute Gasteiger partial charge is 0.460 e. The predicted molar refractivity (Wildman–Crippen MR) is 92.8 cm³/mol. The summed E-state index contributed by atoms with van der Waals surface area (Å²) in [7, 11) is 0. The van der Waals surface area contributed by atoms with Crippen LogP contribution in [0.5, 0.6) is 0 Å². The Morgan fingerprint density at radius 3 is 2.87 bits per heavy atom. The summed E-state index contributed by atoms with van der Waals surface area (Å²) in [6.07, 6.45) is 4.11. The van der Waals surface area contributed by atoms with Crippen LogP contribution in [0.3, 0.4) is 0 Å². The van der Waals surface area contributed by atoms with Gasteiger partial charge in [0.25, 0.3) is 5.91 Å². The highest BCUT2D eigenvalue weighted by Crippen LogP contribution is 2.27. The van der Waals surface area contributed by atoms with Crippen LogP contribution in [0.1, 0.15) is 49.2 Å². The van der Waals surface area contributed by atoms with Crippen molar-refractivity contribution in [3.8, 4) is 0 Å². The average Bonchev–Trinajstić information content (AvgIpc) is 2.90. The molecule has 1 aromatic heterocycles. The first-order valence-electron chi connectivity index (χ1n) is 8.77. The molecule has 1 aliphatic rings. The highest BCUT2D eigenvalue weighted by atomic mass is 16.3. The summed E-state index contributed by atoms with van der Waals surface area (Å²) < 4.78 is 5.94. The Balaban J connectivity index is 1.77. The van der Waals surface area contributed by atoms with E-state index in [1.54, 1.807) is 0 Å². The van der Waals surface area contributed by atoms with Crippen LogP contribution in [0.2, 0.25) is 0 Å². The minimum atomic E-state index is 0.00371. The van der Waals surface area contributed by atoms with Crippen molar-refractivity contribution < 1.29 is 9.21 Å². The number of aryl methyl sites for hydroxylation is 1. The lowest BCUT2D eigenvalue weighted by Gasteiger charge is -2.40. The lowest BCUT2D eigenvalue weighted by molar-refractivity contribution is 0.0814. The molecule has 1 N–H and O–H groups in total. The number of benzene rings is 1. The van der Waals surface area contributed by atoms with E-state index in [0.29, 0.717) is 6.04 Å². The molecular formula is C19H26N2O2. The molecule has 1 aliphatic heterocycles. The molecule has 1 saturated heterocycles. The van der Waals surface area contributed by atoms with Crippen LogP contribution in [0.25, 0.3) is 11.0 Å². The number of furan rings is 1. The first-order chi connectivity index (χ1) is 11.2. The molecule has 2 aromatic rings. The summed E-state index contributed by atoms with van der Waals surface area (Å²) in [5, 5.41) is 4.05. The number of para-hydroxylation sites is 1. The van der Waals surface area contributed by atoms with Crippen LogP contribution in [0.4, 0.5) is 0 Å². The summed E-state index contributed by atoms with van der Waals surface area (Å²) in [5.41, 5.74) is 1.54. The molecule has 1 unspecified atom stereocenters. The molecule has 0 bridgehead atoms. The zero-order chi connectivity index (χ0) is 16.2. The Bertz CT molecular complexity index is 675. The van der Waals surface area contributed by atoms with E-state index in [1.807, 2.05) is 24.3 Å². The van der Waals surface area contributed by atoms with Crippen molar-refractivity contribution in [2.24, 2.45) is 0 Å². The van der Waals surface area contributed by atoms with Crippen molar-refractivity contribution in [1.29, 1.82) is 0 Å². The second-order valence-electron chi connectivity index (χ2n) is 6.28. The fraction of sp³-hybridized carbons (Fsp3) is 0.526. The van der Waals surface area contributed by atoms with Crippen molar-refractivity contribution >= 4 is 16.9 Å². The lowest BCUT2D eigenvalue weighted by atomic mass is 10.0. The second-order valence-corrected chi connectivity index (χ2v) is 6.28. The number of amides is 1. The minimum absolute atomic E-state index is 0.00371. The number of unbranched alkanes of at least 4 members (excludes halogenated alkanes) is 1. The molecule has 0 radical (unpaired) electrons. The molecule has 1 amide bonds. The number of nitrogens with zero attached hydrogens (tertiary/aromatic N) is 1. The van der Waals surface area contributed by atoms with Gasteiger partial charge in [-0.1, -0.05) is 38.5 Å². The zero-order valence-electron chi connectivity index (χ0n) is 14.1. The Hall–Kier alpha value is -1.81. The number of rotatable bonds is 7. The van der Waals surface area contributed by atoms with Gasteiger partial charge >= 0.3 is 0 Å². The van der Waals surface area contributed by atoms with Gasteiger partial charge in [-0.15, -0.1) is 0 Å². The van der Waals surface area contributed by atoms with Crippen LogP contribution in [0, 0.1) is 0 Å². The van der Waals surface area contributed by atoms with E-state index in [4.69, 9.17) is 4.42 Å². The van der Waals surface area contributed by atoms with Crippen molar-refractivity contribution in [1.82, 2.24) is 10.2 Å². The van der Waals surface area contributed by atoms with E-state index >= 15 is 0 Å². The van der Waals surface area contributed by atoms with Gasteiger partial charge in [-0.05, 0) is 25.5 Å². The predicted octanol–water partition coefficient (Wildman–Crippen LogP) is 3.60. The standard InChI is InChI=1S/C19H26N2O2/c1-3-5-9-17-18(15-8-6-7-10-16(15)23-17)19(22)20-13-14-11-12-21(14)4-2/h6-8,10,14H,3-5,9,11-13H2,1-2H3,(H,20,22). The van der Waals surface area contributed by atoms with Crippen molar-refractivity contribution in [3.63, 3.8) is 0 Å². The van der Waals surface area contributed by atoms with Gasteiger partial charge in [0.05, 0.1) is 5.56 Å². The summed E-state index contributed by atoms with van der Waals surface area (Å²) in [6.45, 7) is 7.24. The molecule has 4 heteroatoms. The first kappa shape index (κ1) is 16.1. The maximum Gasteiger partial charge on any atom is 0.255 e. The van der Waals surface area contributed by atoms with Crippen molar-refractivity contribution in [2.75, 3.05) is 19.6 Å². The van der Waals surface area contributed by atoms with Gasteiger partial charge in [0, 0.05) is 30.9 Å². The topological polar surface area (TPSA) is 45.5 Å². The van der Waals surface area contributed by atoms with E-state index in [-0.39, 0.29) is 5.91 Å². The number of hydrogen-bond donors (Lipinski definition) is 1. The molecule has 0 aliphatic carbocycles. The third kappa shape index (κ3) is 3.27. The van der Waals surface area contributed by atoms with Gasteiger partial charge < -0.3 is 9.73 Å². The number of nitrogens with one attached hydrogen (secondary N) is 1. The molecule has 1 aromatic carbocycles. The van der Waals surface area contributed by atoms with Crippen LogP contribution in [-0.2, 0) is 6.42 Å². The maximum atomic E-state index is 12.8. The van der Waals surface area contributed by atoms with Crippen LogP contribution < -0.4 is 5.32 Å². The molecule has 1 atom stereocenters. The summed E-state index contributed by atoms with van der Waals surface area (Å²) in [4.78, 5) is 15.1. The fourth-order valence-corrected chi connectivity index (χ4v) is 3.30. The number of fused-ring (bicyclic) bond motifs is 1. The Morgan fingerprint density at radius 2 is 2.17 bits per heavy atom. The van der Waals surface area contributed by atoms with Gasteiger partial charge in [-0.3, -0.25) is 9.69 Å². The molecule has 1 fully saturated rings. The highest BCUT2D eigenvalue weighted by Gasteiger charge is 2.27. The molecule has 23 heavy (non-hydrogen) atoms. The number of likely N-dealkylation sites (tertiary alicyclic amines) is 1. The normalized spacial score (nSPS) is 18.1. The van der Waals surface area contributed by atoms with E-state index in [9.17, 15) is 4.79 Å². The van der Waals surface area contributed by atoms with E-state index in [1.165, 1.54) is 6.42 Å². The lowest BCUT2D eigenvalue weighted by Crippen LogP contribution is -2.53. The smallest absolute Gasteiger partial charge is 0.255 e. The van der Waals surface area contributed by atoms with Gasteiger partial charge in [0.1, 0.15) is 11.3 Å². The van der Waals surface area contributed by atoms with E-state index in [0.717, 1.165) is 61.2 Å². The third-order valence-electron chi connectivity index (χ3n) is 4.82. The molecule has 0 saturated carbocycles. The monoisotopic (exact) mass is 314 g/mol. The Kier molecular flexibility index (Phi) is 5.01. The van der Waals surface area contributed by atoms with Gasteiger partial charge in [0.15, 0.2) is 0 Å². The fourth-order valence-electron chi connectivity index (χ4n) is 3.30. The van der Waals surface area contributed by atoms with Crippen LogP contribution in [0.15, 0.2) is 28.7 Å². The quantitative estimate of drug-likeness (QED) is 0.849. The minimum Gasteiger partial charge on any atom is -0.460 e. The molecular weight excluding hydrogens is 288 g/mol. The Morgan fingerprint density at radius 1 is 1.35 bits per heavy atom. The summed E-state index contributed by atoms with van der Waals surface area (Å²) in [5.74, 6) is 0.829. The summed E-state index contributed by atoms with van der Waals surface area (Å²) >= 11 is 0.